The molecule has 0 aliphatic heterocycles. The Morgan fingerprint density at radius 2 is 1.55 bits per heavy atom. The van der Waals surface area contributed by atoms with Crippen LogP contribution in [0.2, 0.25) is 0 Å². The highest BCUT2D eigenvalue weighted by Gasteiger charge is 2.15. The molecule has 0 bridgehead atoms. The van der Waals surface area contributed by atoms with Gasteiger partial charge >= 0.3 is 0 Å². The molecule has 2 aromatic carbocycles. The lowest BCUT2D eigenvalue weighted by atomic mass is 10.0. The van der Waals surface area contributed by atoms with E-state index in [0.717, 1.165) is 16.0 Å². The van der Waals surface area contributed by atoms with Crippen molar-refractivity contribution in [3.63, 3.8) is 0 Å². The van der Waals surface area contributed by atoms with E-state index in [-0.39, 0.29) is 5.56 Å². The molecule has 0 N–H and O–H groups in total. The predicted octanol–water partition coefficient (Wildman–Crippen LogP) is 6.31. The number of halogens is 2. The summed E-state index contributed by atoms with van der Waals surface area (Å²) in [5, 5.41) is 0. The molecule has 0 radical (unpaired) electrons. The largest absolute Gasteiger partial charge is 0.206 e. The Bertz CT molecular complexity index is 806. The zero-order valence-electron chi connectivity index (χ0n) is 12.1. The van der Waals surface area contributed by atoms with Crippen LogP contribution in [0.3, 0.4) is 0 Å². The summed E-state index contributed by atoms with van der Waals surface area (Å²) in [6, 6.07) is 13.9. The van der Waals surface area contributed by atoms with Crippen LogP contribution < -0.4 is 0 Å². The lowest BCUT2D eigenvalue weighted by Crippen LogP contribution is -1.90. The van der Waals surface area contributed by atoms with Gasteiger partial charge in [-0.05, 0) is 42.3 Å². The first kappa shape index (κ1) is 14.7. The minimum atomic E-state index is -0.548. The van der Waals surface area contributed by atoms with Crippen molar-refractivity contribution in [2.75, 3.05) is 0 Å². The molecule has 0 fully saturated rings. The van der Waals surface area contributed by atoms with Gasteiger partial charge in [-0.1, -0.05) is 42.5 Å². The van der Waals surface area contributed by atoms with Gasteiger partial charge in [0.2, 0.25) is 0 Å². The van der Waals surface area contributed by atoms with Gasteiger partial charge in [-0.15, -0.1) is 11.3 Å². The van der Waals surface area contributed by atoms with Crippen LogP contribution in [0.4, 0.5) is 8.78 Å². The SMILES string of the molecule is C=Cc1ccc(-c2c(F)cc(-c3ccc(C)cc3)cc2F)s1. The van der Waals surface area contributed by atoms with E-state index in [0.29, 0.717) is 10.4 Å². The standard InChI is InChI=1S/C19H14F2S/c1-3-15-8-9-18(22-15)19-16(20)10-14(11-17(19)21)13-6-4-12(2)5-7-13/h3-11H,1H2,2H3. The Balaban J connectivity index is 2.08. The van der Waals surface area contributed by atoms with Crippen molar-refractivity contribution in [1.29, 1.82) is 0 Å². The average Bonchev–Trinajstić information content (AvgIpc) is 2.96. The lowest BCUT2D eigenvalue weighted by molar-refractivity contribution is 0.591. The maximum Gasteiger partial charge on any atom is 0.135 e. The fourth-order valence-electron chi connectivity index (χ4n) is 2.32. The monoisotopic (exact) mass is 312 g/mol. The van der Waals surface area contributed by atoms with E-state index in [1.54, 1.807) is 18.2 Å². The molecule has 0 saturated carbocycles. The predicted molar refractivity (Wildman–Crippen MR) is 89.9 cm³/mol. The summed E-state index contributed by atoms with van der Waals surface area (Å²) >= 11 is 1.32. The second kappa shape index (κ2) is 5.85. The molecule has 0 atom stereocenters. The van der Waals surface area contributed by atoms with Crippen LogP contribution in [0.5, 0.6) is 0 Å². The number of thiophene rings is 1. The number of aryl methyl sites for hydroxylation is 1. The van der Waals surface area contributed by atoms with Crippen molar-refractivity contribution in [2.45, 2.75) is 6.92 Å². The summed E-state index contributed by atoms with van der Waals surface area (Å²) < 4.78 is 28.8. The Labute approximate surface area is 132 Å². The summed E-state index contributed by atoms with van der Waals surface area (Å²) in [7, 11) is 0. The van der Waals surface area contributed by atoms with Crippen molar-refractivity contribution < 1.29 is 8.78 Å². The minimum absolute atomic E-state index is 0.0222. The maximum atomic E-state index is 14.4. The second-order valence-electron chi connectivity index (χ2n) is 5.09. The van der Waals surface area contributed by atoms with Crippen molar-refractivity contribution in [3.05, 3.63) is 77.2 Å². The summed E-state index contributed by atoms with van der Waals surface area (Å²) in [5.74, 6) is -1.10. The topological polar surface area (TPSA) is 0 Å². The van der Waals surface area contributed by atoms with Gasteiger partial charge in [0, 0.05) is 9.75 Å². The molecule has 3 aromatic rings. The van der Waals surface area contributed by atoms with Crippen LogP contribution in [0.15, 0.2) is 55.1 Å². The van der Waals surface area contributed by atoms with Crippen LogP contribution in [-0.2, 0) is 0 Å². The molecule has 0 nitrogen and oxygen atoms in total. The van der Waals surface area contributed by atoms with Gasteiger partial charge in [0.1, 0.15) is 11.6 Å². The number of benzene rings is 2. The molecule has 0 spiro atoms. The highest BCUT2D eigenvalue weighted by Crippen LogP contribution is 2.35. The van der Waals surface area contributed by atoms with Crippen molar-refractivity contribution in [1.82, 2.24) is 0 Å². The first-order valence-electron chi connectivity index (χ1n) is 6.87. The Morgan fingerprint density at radius 3 is 2.09 bits per heavy atom. The summed E-state index contributed by atoms with van der Waals surface area (Å²) in [6.07, 6.45) is 1.67. The number of rotatable bonds is 3. The third kappa shape index (κ3) is 2.72. The van der Waals surface area contributed by atoms with E-state index in [4.69, 9.17) is 0 Å². The van der Waals surface area contributed by atoms with Gasteiger partial charge in [0.05, 0.1) is 5.56 Å². The van der Waals surface area contributed by atoms with Gasteiger partial charge in [-0.2, -0.15) is 0 Å². The molecule has 3 heteroatoms. The summed E-state index contributed by atoms with van der Waals surface area (Å²) in [4.78, 5) is 1.46. The summed E-state index contributed by atoms with van der Waals surface area (Å²) in [6.45, 7) is 5.64. The van der Waals surface area contributed by atoms with Crippen LogP contribution >= 0.6 is 11.3 Å². The molecule has 1 aromatic heterocycles. The molecule has 0 aliphatic rings. The maximum absolute atomic E-state index is 14.4. The molecule has 3 rings (SSSR count). The van der Waals surface area contributed by atoms with Gasteiger partial charge < -0.3 is 0 Å². The fourth-order valence-corrected chi connectivity index (χ4v) is 3.22. The van der Waals surface area contributed by atoms with E-state index < -0.39 is 11.6 Å². The normalized spacial score (nSPS) is 10.7. The van der Waals surface area contributed by atoms with Crippen LogP contribution in [-0.4, -0.2) is 0 Å². The number of hydrogen-bond donors (Lipinski definition) is 0. The van der Waals surface area contributed by atoms with Gasteiger partial charge in [-0.3, -0.25) is 0 Å². The van der Waals surface area contributed by atoms with E-state index >= 15 is 0 Å². The van der Waals surface area contributed by atoms with E-state index in [9.17, 15) is 8.78 Å². The minimum Gasteiger partial charge on any atom is -0.206 e. The quantitative estimate of drug-likeness (QED) is 0.531. The summed E-state index contributed by atoms with van der Waals surface area (Å²) in [5.41, 5.74) is 2.47. The zero-order valence-corrected chi connectivity index (χ0v) is 12.9. The number of hydrogen-bond acceptors (Lipinski definition) is 1. The third-order valence-electron chi connectivity index (χ3n) is 3.50. The van der Waals surface area contributed by atoms with Gasteiger partial charge in [0.25, 0.3) is 0 Å². The lowest BCUT2D eigenvalue weighted by Gasteiger charge is -2.07. The molecule has 110 valence electrons. The zero-order chi connectivity index (χ0) is 15.7. The second-order valence-corrected chi connectivity index (χ2v) is 6.20. The van der Waals surface area contributed by atoms with Crippen molar-refractivity contribution in [2.24, 2.45) is 0 Å². The Kier molecular flexibility index (Phi) is 3.90. The van der Waals surface area contributed by atoms with E-state index in [1.807, 2.05) is 31.2 Å². The molecular weight excluding hydrogens is 298 g/mol. The smallest absolute Gasteiger partial charge is 0.135 e. The van der Waals surface area contributed by atoms with Gasteiger partial charge in [0.15, 0.2) is 0 Å². The molecule has 0 aliphatic carbocycles. The average molecular weight is 312 g/mol. The highest BCUT2D eigenvalue weighted by atomic mass is 32.1. The molecule has 0 amide bonds. The fraction of sp³-hybridized carbons (Fsp3) is 0.0526. The van der Waals surface area contributed by atoms with Crippen molar-refractivity contribution in [3.8, 4) is 21.6 Å². The highest BCUT2D eigenvalue weighted by molar-refractivity contribution is 7.16. The molecule has 0 saturated heterocycles. The first-order valence-corrected chi connectivity index (χ1v) is 7.69. The molecule has 22 heavy (non-hydrogen) atoms. The first-order chi connectivity index (χ1) is 10.6. The Morgan fingerprint density at radius 1 is 0.909 bits per heavy atom. The van der Waals surface area contributed by atoms with Crippen molar-refractivity contribution >= 4 is 17.4 Å². The van der Waals surface area contributed by atoms with Gasteiger partial charge in [-0.25, -0.2) is 8.78 Å². The van der Waals surface area contributed by atoms with Crippen LogP contribution in [0, 0.1) is 18.6 Å². The molecular formula is C19H14F2S. The van der Waals surface area contributed by atoms with Crippen LogP contribution in [0.25, 0.3) is 27.6 Å². The molecule has 0 unspecified atom stereocenters. The van der Waals surface area contributed by atoms with Crippen LogP contribution in [0.1, 0.15) is 10.4 Å². The van der Waals surface area contributed by atoms with E-state index in [2.05, 4.69) is 6.58 Å². The molecule has 1 heterocycles. The third-order valence-corrected chi connectivity index (χ3v) is 4.60. The van der Waals surface area contributed by atoms with E-state index in [1.165, 1.54) is 23.5 Å². The Hall–Kier alpha value is -2.26.